The zero-order chi connectivity index (χ0) is 18.7. The summed E-state index contributed by atoms with van der Waals surface area (Å²) >= 11 is 13.2. The first-order valence-corrected chi connectivity index (χ1v) is 9.13. The molecule has 0 fully saturated rings. The first-order valence-electron chi connectivity index (χ1n) is 7.49. The average Bonchev–Trinajstić information content (AvgIpc) is 3.05. The van der Waals surface area contributed by atoms with Crippen LogP contribution < -0.4 is 10.1 Å². The minimum absolute atomic E-state index is 0.0993. The highest BCUT2D eigenvalue weighted by molar-refractivity contribution is 7.14. The lowest BCUT2D eigenvalue weighted by atomic mass is 10.1. The molecule has 0 saturated carbocycles. The Morgan fingerprint density at radius 3 is 2.77 bits per heavy atom. The van der Waals surface area contributed by atoms with Gasteiger partial charge in [-0.15, -0.1) is 11.3 Å². The van der Waals surface area contributed by atoms with Gasteiger partial charge in [0.2, 0.25) is 5.91 Å². The number of nitrogens with one attached hydrogen (secondary N) is 1. The van der Waals surface area contributed by atoms with Gasteiger partial charge in [-0.1, -0.05) is 29.3 Å². The van der Waals surface area contributed by atoms with Crippen molar-refractivity contribution >= 4 is 45.6 Å². The van der Waals surface area contributed by atoms with Gasteiger partial charge < -0.3 is 10.1 Å². The first-order chi connectivity index (χ1) is 12.5. The van der Waals surface area contributed by atoms with Crippen LogP contribution in [0, 0.1) is 5.82 Å². The molecule has 2 aromatic carbocycles. The number of carbonyl (C=O) groups excluding carboxylic acids is 1. The van der Waals surface area contributed by atoms with Gasteiger partial charge in [0, 0.05) is 21.0 Å². The second-order valence-corrected chi connectivity index (χ2v) is 7.05. The van der Waals surface area contributed by atoms with Gasteiger partial charge in [-0.25, -0.2) is 9.37 Å². The third kappa shape index (κ3) is 4.33. The van der Waals surface area contributed by atoms with Gasteiger partial charge in [-0.05, 0) is 35.9 Å². The molecule has 0 radical (unpaired) electrons. The Bertz CT molecular complexity index is 962. The number of nitrogens with zero attached hydrogens (tertiary/aromatic N) is 1. The van der Waals surface area contributed by atoms with E-state index in [9.17, 15) is 9.18 Å². The number of thiazole rings is 1. The van der Waals surface area contributed by atoms with E-state index in [-0.39, 0.29) is 18.1 Å². The third-order valence-electron chi connectivity index (χ3n) is 3.56. The number of benzene rings is 2. The quantitative estimate of drug-likeness (QED) is 0.608. The second-order valence-electron chi connectivity index (χ2n) is 5.35. The number of amides is 1. The van der Waals surface area contributed by atoms with Crippen LogP contribution >= 0.6 is 34.5 Å². The molecule has 0 spiro atoms. The molecule has 1 N–H and O–H groups in total. The van der Waals surface area contributed by atoms with E-state index in [1.165, 1.54) is 30.6 Å². The van der Waals surface area contributed by atoms with Crippen molar-refractivity contribution in [2.24, 2.45) is 0 Å². The molecule has 0 bridgehead atoms. The van der Waals surface area contributed by atoms with Crippen LogP contribution in [-0.2, 0) is 11.2 Å². The van der Waals surface area contributed by atoms with Crippen LogP contribution in [-0.4, -0.2) is 18.0 Å². The molecule has 4 nitrogen and oxygen atoms in total. The van der Waals surface area contributed by atoms with E-state index in [4.69, 9.17) is 27.9 Å². The zero-order valence-corrected chi connectivity index (χ0v) is 15.9. The molecule has 1 heterocycles. The summed E-state index contributed by atoms with van der Waals surface area (Å²) in [5.74, 6) is -0.561. The zero-order valence-electron chi connectivity index (χ0n) is 13.6. The Balaban J connectivity index is 1.70. The Morgan fingerprint density at radius 2 is 2.08 bits per heavy atom. The number of hydrogen-bond acceptors (Lipinski definition) is 4. The van der Waals surface area contributed by atoms with Gasteiger partial charge in [0.15, 0.2) is 16.7 Å². The molecule has 3 aromatic rings. The maximum Gasteiger partial charge on any atom is 0.230 e. The van der Waals surface area contributed by atoms with Crippen molar-refractivity contribution in [2.75, 3.05) is 12.4 Å². The largest absolute Gasteiger partial charge is 0.494 e. The van der Waals surface area contributed by atoms with Gasteiger partial charge in [-0.3, -0.25) is 4.79 Å². The Morgan fingerprint density at radius 1 is 1.27 bits per heavy atom. The van der Waals surface area contributed by atoms with Crippen LogP contribution in [0.25, 0.3) is 11.3 Å². The van der Waals surface area contributed by atoms with Crippen molar-refractivity contribution < 1.29 is 13.9 Å². The lowest BCUT2D eigenvalue weighted by molar-refractivity contribution is -0.115. The predicted molar refractivity (Wildman–Crippen MR) is 103 cm³/mol. The summed E-state index contributed by atoms with van der Waals surface area (Å²) in [5.41, 5.74) is 1.83. The van der Waals surface area contributed by atoms with Crippen molar-refractivity contribution in [3.63, 3.8) is 0 Å². The number of anilines is 1. The predicted octanol–water partition coefficient (Wildman–Crippen LogP) is 5.45. The van der Waals surface area contributed by atoms with Gasteiger partial charge in [0.1, 0.15) is 0 Å². The van der Waals surface area contributed by atoms with Crippen LogP contribution in [0.5, 0.6) is 5.75 Å². The monoisotopic (exact) mass is 410 g/mol. The van der Waals surface area contributed by atoms with Gasteiger partial charge in [0.25, 0.3) is 0 Å². The summed E-state index contributed by atoms with van der Waals surface area (Å²) in [4.78, 5) is 16.5. The SMILES string of the molecule is COc1ccc(-c2csc(NC(=O)Cc3ccc(Cl)cc3Cl)n2)cc1F. The lowest BCUT2D eigenvalue weighted by Gasteiger charge is -2.05. The maximum absolute atomic E-state index is 13.8. The molecular formula is C18H13Cl2FN2O2S. The summed E-state index contributed by atoms with van der Waals surface area (Å²) in [6.07, 6.45) is 0.0993. The molecule has 0 aliphatic rings. The molecule has 0 aliphatic carbocycles. The van der Waals surface area contributed by atoms with Crippen molar-refractivity contribution in [1.29, 1.82) is 0 Å². The Kier molecular flexibility index (Phi) is 5.76. The number of carbonyl (C=O) groups is 1. The number of halogens is 3. The number of aromatic nitrogens is 1. The van der Waals surface area contributed by atoms with Gasteiger partial charge in [-0.2, -0.15) is 0 Å². The highest BCUT2D eigenvalue weighted by atomic mass is 35.5. The number of rotatable bonds is 5. The van der Waals surface area contributed by atoms with Crippen LogP contribution in [0.15, 0.2) is 41.8 Å². The molecule has 0 atom stereocenters. The van der Waals surface area contributed by atoms with Crippen LogP contribution in [0.2, 0.25) is 10.0 Å². The third-order valence-corrected chi connectivity index (χ3v) is 4.91. The molecule has 134 valence electrons. The fraction of sp³-hybridized carbons (Fsp3) is 0.111. The molecular weight excluding hydrogens is 398 g/mol. The Labute approximate surface area is 163 Å². The van der Waals surface area contributed by atoms with E-state index in [1.54, 1.807) is 29.6 Å². The highest BCUT2D eigenvalue weighted by Crippen LogP contribution is 2.28. The number of ether oxygens (including phenoxy) is 1. The lowest BCUT2D eigenvalue weighted by Crippen LogP contribution is -2.14. The van der Waals surface area contributed by atoms with Crippen LogP contribution in [0.3, 0.4) is 0 Å². The van der Waals surface area contributed by atoms with Crippen molar-refractivity contribution in [1.82, 2.24) is 4.98 Å². The van der Waals surface area contributed by atoms with Crippen LogP contribution in [0.4, 0.5) is 9.52 Å². The summed E-state index contributed by atoms with van der Waals surface area (Å²) in [5, 5.41) is 5.82. The standard InChI is InChI=1S/C18H13Cl2FN2O2S/c1-25-16-5-3-11(6-14(16)21)15-9-26-18(22-15)23-17(24)7-10-2-4-12(19)8-13(10)20/h2-6,8-9H,7H2,1H3,(H,22,23,24). The number of methoxy groups -OCH3 is 1. The van der Waals surface area contributed by atoms with Crippen molar-refractivity contribution in [3.05, 3.63) is 63.2 Å². The maximum atomic E-state index is 13.8. The second kappa shape index (κ2) is 8.03. The first kappa shape index (κ1) is 18.6. The molecule has 0 unspecified atom stereocenters. The van der Waals surface area contributed by atoms with E-state index < -0.39 is 5.82 Å². The number of hydrogen-bond donors (Lipinski definition) is 1. The summed E-state index contributed by atoms with van der Waals surface area (Å²) in [6, 6.07) is 9.55. The van der Waals surface area contributed by atoms with E-state index in [0.29, 0.717) is 32.0 Å². The van der Waals surface area contributed by atoms with E-state index in [0.717, 1.165) is 0 Å². The molecule has 0 saturated heterocycles. The summed E-state index contributed by atoms with van der Waals surface area (Å²) in [6.45, 7) is 0. The molecule has 1 amide bonds. The minimum atomic E-state index is -0.471. The Hall–Kier alpha value is -2.15. The molecule has 3 rings (SSSR count). The van der Waals surface area contributed by atoms with Gasteiger partial charge in [0.05, 0.1) is 19.2 Å². The van der Waals surface area contributed by atoms with Gasteiger partial charge >= 0.3 is 0 Å². The van der Waals surface area contributed by atoms with E-state index in [1.807, 2.05) is 0 Å². The fourth-order valence-electron chi connectivity index (χ4n) is 2.29. The van der Waals surface area contributed by atoms with Crippen molar-refractivity contribution in [3.8, 4) is 17.0 Å². The molecule has 1 aromatic heterocycles. The molecule has 0 aliphatic heterocycles. The van der Waals surface area contributed by atoms with Crippen molar-refractivity contribution in [2.45, 2.75) is 6.42 Å². The molecule has 8 heteroatoms. The topological polar surface area (TPSA) is 51.2 Å². The van der Waals surface area contributed by atoms with E-state index >= 15 is 0 Å². The summed E-state index contributed by atoms with van der Waals surface area (Å²) < 4.78 is 18.7. The van der Waals surface area contributed by atoms with E-state index in [2.05, 4.69) is 10.3 Å². The highest BCUT2D eigenvalue weighted by Gasteiger charge is 2.12. The molecule has 26 heavy (non-hydrogen) atoms. The normalized spacial score (nSPS) is 10.6. The minimum Gasteiger partial charge on any atom is -0.494 e. The summed E-state index contributed by atoms with van der Waals surface area (Å²) in [7, 11) is 1.40. The van der Waals surface area contributed by atoms with Crippen LogP contribution in [0.1, 0.15) is 5.56 Å². The smallest absolute Gasteiger partial charge is 0.230 e. The average molecular weight is 411 g/mol. The fourth-order valence-corrected chi connectivity index (χ4v) is 3.50.